The predicted molar refractivity (Wildman–Crippen MR) is 150 cm³/mol. The summed E-state index contributed by atoms with van der Waals surface area (Å²) >= 11 is 0. The van der Waals surface area contributed by atoms with Crippen LogP contribution in [0.1, 0.15) is 106 Å². The molecule has 0 aromatic rings. The lowest BCUT2D eigenvalue weighted by Gasteiger charge is -2.22. The summed E-state index contributed by atoms with van der Waals surface area (Å²) < 4.78 is 41.4. The molecule has 0 aliphatic carbocycles. The first-order chi connectivity index (χ1) is 18.1. The highest BCUT2D eigenvalue weighted by Crippen LogP contribution is 2.12. The largest absolute Gasteiger partial charge is 0.353 e. The van der Waals surface area contributed by atoms with Crippen molar-refractivity contribution in [1.29, 1.82) is 0 Å². The predicted octanol–water partition coefficient (Wildman–Crippen LogP) is 7.54. The normalized spacial score (nSPS) is 14.1. The van der Waals surface area contributed by atoms with E-state index in [-0.39, 0.29) is 12.6 Å². The zero-order valence-corrected chi connectivity index (χ0v) is 24.8. The molecular formula is C30H58O7. The number of hydrogen-bond donors (Lipinski definition) is 0. The third-order valence-corrected chi connectivity index (χ3v) is 5.00. The van der Waals surface area contributed by atoms with Gasteiger partial charge in [0.1, 0.15) is 0 Å². The third kappa shape index (κ3) is 22.9. The van der Waals surface area contributed by atoms with E-state index in [4.69, 9.17) is 33.2 Å². The molecule has 0 rings (SSSR count). The Morgan fingerprint density at radius 3 is 1.03 bits per heavy atom. The fourth-order valence-electron chi connectivity index (χ4n) is 3.19. The van der Waals surface area contributed by atoms with Crippen LogP contribution < -0.4 is 0 Å². The van der Waals surface area contributed by atoms with Gasteiger partial charge in [0.25, 0.3) is 0 Å². The molecule has 0 aliphatic rings. The van der Waals surface area contributed by atoms with E-state index in [1.54, 1.807) is 0 Å². The zero-order valence-electron chi connectivity index (χ0n) is 24.8. The summed E-state index contributed by atoms with van der Waals surface area (Å²) in [7, 11) is 0. The van der Waals surface area contributed by atoms with Crippen molar-refractivity contribution in [2.45, 2.75) is 131 Å². The molecule has 0 aromatic carbocycles. The quantitative estimate of drug-likeness (QED) is 0.0764. The molecule has 0 saturated heterocycles. The molecule has 0 saturated carbocycles. The standard InChI is InChI=1S/C30H58O7/c1-7-21-31-27(32-22-8-2)17-13-15-19-29(35-25-11-5)37-30(36-26-12-6)20-16-14-18-28(33-23-9-3)34-24-10-4/h15-16,19-20,27-30H,7-14,17-18,21-26H2,1-6H3. The van der Waals surface area contributed by atoms with Gasteiger partial charge in [-0.15, -0.1) is 0 Å². The second-order valence-electron chi connectivity index (χ2n) is 8.97. The highest BCUT2D eigenvalue weighted by Gasteiger charge is 2.14. The summed E-state index contributed by atoms with van der Waals surface area (Å²) in [5.41, 5.74) is 0. The molecular weight excluding hydrogens is 472 g/mol. The van der Waals surface area contributed by atoms with Gasteiger partial charge in [-0.1, -0.05) is 53.7 Å². The Hall–Kier alpha value is -0.800. The van der Waals surface area contributed by atoms with Crippen LogP contribution in [-0.4, -0.2) is 64.8 Å². The zero-order chi connectivity index (χ0) is 27.4. The summed E-state index contributed by atoms with van der Waals surface area (Å²) in [6.45, 7) is 16.7. The maximum Gasteiger partial charge on any atom is 0.180 e. The van der Waals surface area contributed by atoms with Crippen LogP contribution in [0.25, 0.3) is 0 Å². The maximum atomic E-state index is 6.19. The highest BCUT2D eigenvalue weighted by atomic mass is 16.8. The second-order valence-corrected chi connectivity index (χ2v) is 8.97. The second kappa shape index (κ2) is 28.2. The van der Waals surface area contributed by atoms with Crippen LogP contribution in [-0.2, 0) is 33.2 Å². The van der Waals surface area contributed by atoms with E-state index in [1.807, 2.05) is 12.2 Å². The van der Waals surface area contributed by atoms with Crippen LogP contribution in [0.4, 0.5) is 0 Å². The Morgan fingerprint density at radius 2 is 0.730 bits per heavy atom. The molecule has 0 aromatic heterocycles. The van der Waals surface area contributed by atoms with Gasteiger partial charge in [0.2, 0.25) is 0 Å². The minimum Gasteiger partial charge on any atom is -0.353 e. The molecule has 220 valence electrons. The average Bonchev–Trinajstić information content (AvgIpc) is 2.91. The van der Waals surface area contributed by atoms with Crippen molar-refractivity contribution >= 4 is 0 Å². The van der Waals surface area contributed by atoms with Crippen molar-refractivity contribution in [2.75, 3.05) is 39.6 Å². The van der Waals surface area contributed by atoms with Gasteiger partial charge < -0.3 is 33.2 Å². The maximum absolute atomic E-state index is 6.19. The van der Waals surface area contributed by atoms with Gasteiger partial charge >= 0.3 is 0 Å². The minimum absolute atomic E-state index is 0.171. The summed E-state index contributed by atoms with van der Waals surface area (Å²) in [4.78, 5) is 0. The summed E-state index contributed by atoms with van der Waals surface area (Å²) in [6.07, 6.45) is 15.8. The lowest BCUT2D eigenvalue weighted by molar-refractivity contribution is -0.207. The van der Waals surface area contributed by atoms with E-state index in [1.165, 1.54) is 0 Å². The summed E-state index contributed by atoms with van der Waals surface area (Å²) in [5.74, 6) is 0. The van der Waals surface area contributed by atoms with Crippen LogP contribution in [0, 0.1) is 0 Å². The summed E-state index contributed by atoms with van der Waals surface area (Å²) in [6, 6.07) is 0. The lowest BCUT2D eigenvalue weighted by atomic mass is 10.2. The van der Waals surface area contributed by atoms with Crippen molar-refractivity contribution in [3.8, 4) is 0 Å². The van der Waals surface area contributed by atoms with Gasteiger partial charge in [0.15, 0.2) is 25.2 Å². The van der Waals surface area contributed by atoms with Gasteiger partial charge in [-0.05, 0) is 63.5 Å². The molecule has 37 heavy (non-hydrogen) atoms. The minimum atomic E-state index is -0.480. The number of ether oxygens (including phenoxy) is 7. The molecule has 0 aliphatic heterocycles. The molecule has 0 spiro atoms. The van der Waals surface area contributed by atoms with E-state index in [0.717, 1.165) is 64.2 Å². The Bertz CT molecular complexity index is 452. The van der Waals surface area contributed by atoms with Gasteiger partial charge in [-0.25, -0.2) is 0 Å². The van der Waals surface area contributed by atoms with E-state index in [0.29, 0.717) is 39.6 Å². The summed E-state index contributed by atoms with van der Waals surface area (Å²) in [5, 5.41) is 0. The van der Waals surface area contributed by atoms with Crippen LogP contribution in [0.15, 0.2) is 24.3 Å². The molecule has 0 bridgehead atoms. The van der Waals surface area contributed by atoms with E-state index >= 15 is 0 Å². The molecule has 0 radical (unpaired) electrons. The van der Waals surface area contributed by atoms with Crippen LogP contribution in [0.5, 0.6) is 0 Å². The molecule has 0 heterocycles. The lowest BCUT2D eigenvalue weighted by Crippen LogP contribution is -2.25. The van der Waals surface area contributed by atoms with Gasteiger partial charge in [-0.2, -0.15) is 0 Å². The molecule has 7 heteroatoms. The molecule has 0 N–H and O–H groups in total. The first kappa shape index (κ1) is 36.2. The monoisotopic (exact) mass is 530 g/mol. The molecule has 7 nitrogen and oxygen atoms in total. The smallest absolute Gasteiger partial charge is 0.180 e. The van der Waals surface area contributed by atoms with E-state index in [2.05, 4.69) is 53.7 Å². The first-order valence-electron chi connectivity index (χ1n) is 14.8. The average molecular weight is 531 g/mol. The third-order valence-electron chi connectivity index (χ3n) is 5.00. The first-order valence-corrected chi connectivity index (χ1v) is 14.8. The van der Waals surface area contributed by atoms with Crippen molar-refractivity contribution in [1.82, 2.24) is 0 Å². The van der Waals surface area contributed by atoms with Crippen LogP contribution in [0.3, 0.4) is 0 Å². The highest BCUT2D eigenvalue weighted by molar-refractivity contribution is 4.90. The molecule has 0 fully saturated rings. The Labute approximate surface area is 228 Å². The number of rotatable bonds is 28. The molecule has 0 amide bonds. The van der Waals surface area contributed by atoms with Crippen molar-refractivity contribution < 1.29 is 33.2 Å². The topological polar surface area (TPSA) is 64.6 Å². The number of allylic oxidation sites excluding steroid dienone is 2. The van der Waals surface area contributed by atoms with Crippen molar-refractivity contribution in [2.24, 2.45) is 0 Å². The molecule has 2 unspecified atom stereocenters. The van der Waals surface area contributed by atoms with Crippen molar-refractivity contribution in [3.05, 3.63) is 24.3 Å². The Morgan fingerprint density at radius 1 is 0.432 bits per heavy atom. The molecule has 2 atom stereocenters. The fraction of sp³-hybridized carbons (Fsp3) is 0.867. The van der Waals surface area contributed by atoms with Crippen LogP contribution >= 0.6 is 0 Å². The Kier molecular flexibility index (Phi) is 27.6. The SMILES string of the molecule is CCCOC(C=CCCC(OCCC)OCCC)OC(C=CCCC(OCCC)OCCC)OCCC. The van der Waals surface area contributed by atoms with Gasteiger partial charge in [0.05, 0.1) is 0 Å². The van der Waals surface area contributed by atoms with Gasteiger partial charge in [-0.3, -0.25) is 0 Å². The Balaban J connectivity index is 4.93. The van der Waals surface area contributed by atoms with E-state index in [9.17, 15) is 0 Å². The number of hydrogen-bond acceptors (Lipinski definition) is 7. The van der Waals surface area contributed by atoms with Crippen LogP contribution in [0.2, 0.25) is 0 Å². The van der Waals surface area contributed by atoms with Crippen molar-refractivity contribution in [3.63, 3.8) is 0 Å². The van der Waals surface area contributed by atoms with E-state index < -0.39 is 12.6 Å². The fourth-order valence-corrected chi connectivity index (χ4v) is 3.19. The van der Waals surface area contributed by atoms with Gasteiger partial charge in [0, 0.05) is 52.5 Å².